The van der Waals surface area contributed by atoms with Gasteiger partial charge in [-0.2, -0.15) is 0 Å². The second-order valence-electron chi connectivity index (χ2n) is 6.68. The summed E-state index contributed by atoms with van der Waals surface area (Å²) >= 11 is 1.41. The highest BCUT2D eigenvalue weighted by atomic mass is 32.1. The number of aryl methyl sites for hydroxylation is 2. The predicted octanol–water partition coefficient (Wildman–Crippen LogP) is 4.49. The number of nitrogens with one attached hydrogen (secondary N) is 2. The molecule has 3 rings (SSSR count). The Morgan fingerprint density at radius 2 is 1.86 bits per heavy atom. The van der Waals surface area contributed by atoms with E-state index in [1.807, 2.05) is 37.3 Å². The first-order valence-corrected chi connectivity index (χ1v) is 10.2. The lowest BCUT2D eigenvalue weighted by Crippen LogP contribution is -2.26. The first kappa shape index (κ1) is 20.7. The molecule has 2 N–H and O–H groups in total. The number of benzene rings is 2. The van der Waals surface area contributed by atoms with Gasteiger partial charge in [-0.05, 0) is 49.6 Å². The van der Waals surface area contributed by atoms with Crippen molar-refractivity contribution in [1.29, 1.82) is 0 Å². The maximum absolute atomic E-state index is 12.4. The van der Waals surface area contributed by atoms with Crippen LogP contribution >= 0.6 is 11.3 Å². The number of carbonyl (C=O) groups excluding carboxylic acids is 1. The molecule has 0 fully saturated rings. The maximum atomic E-state index is 12.4. The van der Waals surface area contributed by atoms with Gasteiger partial charge in [0.25, 0.3) is 5.91 Å². The molecule has 152 valence electrons. The summed E-state index contributed by atoms with van der Waals surface area (Å²) in [5.41, 5.74) is 4.81. The van der Waals surface area contributed by atoms with Gasteiger partial charge in [-0.3, -0.25) is 4.79 Å². The molecule has 0 radical (unpaired) electrons. The van der Waals surface area contributed by atoms with Gasteiger partial charge >= 0.3 is 0 Å². The topological polar surface area (TPSA) is 72.5 Å². The number of anilines is 2. The van der Waals surface area contributed by atoms with Gasteiger partial charge in [0, 0.05) is 17.6 Å². The van der Waals surface area contributed by atoms with Crippen molar-refractivity contribution >= 4 is 28.1 Å². The van der Waals surface area contributed by atoms with Gasteiger partial charge in [0.05, 0.1) is 14.2 Å². The molecule has 0 atom stereocenters. The zero-order valence-corrected chi connectivity index (χ0v) is 17.9. The van der Waals surface area contributed by atoms with E-state index in [1.165, 1.54) is 16.9 Å². The molecule has 0 aliphatic heterocycles. The molecule has 1 heterocycles. The lowest BCUT2D eigenvalue weighted by atomic mass is 10.1. The van der Waals surface area contributed by atoms with Crippen molar-refractivity contribution in [3.05, 3.63) is 64.2 Å². The molecule has 0 spiro atoms. The summed E-state index contributed by atoms with van der Waals surface area (Å²) in [6, 6.07) is 11.9. The zero-order valence-electron chi connectivity index (χ0n) is 17.0. The number of carbonyl (C=O) groups is 1. The zero-order chi connectivity index (χ0) is 20.8. The van der Waals surface area contributed by atoms with Crippen LogP contribution in [0.3, 0.4) is 0 Å². The van der Waals surface area contributed by atoms with Crippen LogP contribution in [-0.4, -0.2) is 31.7 Å². The molecule has 0 saturated carbocycles. The van der Waals surface area contributed by atoms with Gasteiger partial charge in [-0.1, -0.05) is 23.8 Å². The molecule has 2 aromatic carbocycles. The van der Waals surface area contributed by atoms with E-state index < -0.39 is 0 Å². The molecule has 1 aromatic heterocycles. The summed E-state index contributed by atoms with van der Waals surface area (Å²) < 4.78 is 10.6. The lowest BCUT2D eigenvalue weighted by Gasteiger charge is -2.10. The molecule has 7 heteroatoms. The number of thiazole rings is 1. The second kappa shape index (κ2) is 9.43. The fraction of sp³-hybridized carbons (Fsp3) is 0.273. The molecule has 0 saturated heterocycles. The van der Waals surface area contributed by atoms with Crippen LogP contribution in [0.4, 0.5) is 10.8 Å². The van der Waals surface area contributed by atoms with E-state index in [0.29, 0.717) is 35.3 Å². The largest absolute Gasteiger partial charge is 0.493 e. The molecule has 1 amide bonds. The third kappa shape index (κ3) is 5.26. The van der Waals surface area contributed by atoms with Crippen LogP contribution in [0.1, 0.15) is 27.2 Å². The van der Waals surface area contributed by atoms with E-state index in [9.17, 15) is 4.79 Å². The van der Waals surface area contributed by atoms with Gasteiger partial charge in [0.1, 0.15) is 5.69 Å². The van der Waals surface area contributed by atoms with Crippen molar-refractivity contribution in [2.45, 2.75) is 20.3 Å². The highest BCUT2D eigenvalue weighted by Gasteiger charge is 2.12. The molecule has 0 aliphatic carbocycles. The monoisotopic (exact) mass is 411 g/mol. The van der Waals surface area contributed by atoms with Crippen molar-refractivity contribution in [3.8, 4) is 11.5 Å². The van der Waals surface area contributed by atoms with Crippen molar-refractivity contribution in [1.82, 2.24) is 10.3 Å². The van der Waals surface area contributed by atoms with Gasteiger partial charge in [0.2, 0.25) is 0 Å². The van der Waals surface area contributed by atoms with Crippen molar-refractivity contribution in [2.24, 2.45) is 0 Å². The van der Waals surface area contributed by atoms with E-state index >= 15 is 0 Å². The first-order valence-electron chi connectivity index (χ1n) is 9.29. The third-order valence-electron chi connectivity index (χ3n) is 4.51. The number of ether oxygens (including phenoxy) is 2. The highest BCUT2D eigenvalue weighted by molar-refractivity contribution is 7.14. The Bertz CT molecular complexity index is 1000. The Hall–Kier alpha value is -3.06. The Morgan fingerprint density at radius 1 is 1.07 bits per heavy atom. The number of aromatic nitrogens is 1. The van der Waals surface area contributed by atoms with E-state index in [4.69, 9.17) is 9.47 Å². The standard InChI is InChI=1S/C22H25N3O3S/c1-14-5-7-17(15(2)11-14)24-22-25-18(13-29-22)21(26)23-10-9-16-6-8-19(27-3)20(12-16)28-4/h5-8,11-13H,9-10H2,1-4H3,(H,23,26)(H,24,25). The molecule has 29 heavy (non-hydrogen) atoms. The fourth-order valence-corrected chi connectivity index (χ4v) is 3.65. The Morgan fingerprint density at radius 3 is 2.59 bits per heavy atom. The third-order valence-corrected chi connectivity index (χ3v) is 5.27. The van der Waals surface area contributed by atoms with E-state index in [1.54, 1.807) is 19.6 Å². The molecule has 0 unspecified atom stereocenters. The summed E-state index contributed by atoms with van der Waals surface area (Å²) in [6.45, 7) is 4.61. The van der Waals surface area contributed by atoms with E-state index in [0.717, 1.165) is 16.8 Å². The summed E-state index contributed by atoms with van der Waals surface area (Å²) in [5.74, 6) is 1.18. The predicted molar refractivity (Wildman–Crippen MR) is 117 cm³/mol. The number of methoxy groups -OCH3 is 2. The van der Waals surface area contributed by atoms with Crippen LogP contribution in [0.15, 0.2) is 41.8 Å². The van der Waals surface area contributed by atoms with Gasteiger partial charge < -0.3 is 20.1 Å². The molecule has 3 aromatic rings. The molecular formula is C22H25N3O3S. The van der Waals surface area contributed by atoms with Crippen LogP contribution in [-0.2, 0) is 6.42 Å². The molecule has 0 bridgehead atoms. The van der Waals surface area contributed by atoms with Gasteiger partial charge in [-0.15, -0.1) is 11.3 Å². The Kier molecular flexibility index (Phi) is 6.72. The van der Waals surface area contributed by atoms with Crippen LogP contribution in [0.5, 0.6) is 11.5 Å². The van der Waals surface area contributed by atoms with Crippen molar-refractivity contribution in [2.75, 3.05) is 26.1 Å². The summed E-state index contributed by atoms with van der Waals surface area (Å²) in [7, 11) is 3.21. The van der Waals surface area contributed by atoms with Crippen molar-refractivity contribution < 1.29 is 14.3 Å². The average Bonchev–Trinajstić information content (AvgIpc) is 3.18. The van der Waals surface area contributed by atoms with E-state index in [-0.39, 0.29) is 5.91 Å². The SMILES string of the molecule is COc1ccc(CCNC(=O)c2csc(Nc3ccc(C)cc3C)n2)cc1OC. The van der Waals surface area contributed by atoms with Crippen LogP contribution in [0.2, 0.25) is 0 Å². The summed E-state index contributed by atoms with van der Waals surface area (Å²) in [6.07, 6.45) is 0.684. The van der Waals surface area contributed by atoms with E-state index in [2.05, 4.69) is 28.6 Å². The summed E-state index contributed by atoms with van der Waals surface area (Å²) in [5, 5.41) is 8.65. The van der Waals surface area contributed by atoms with Gasteiger partial charge in [0.15, 0.2) is 16.6 Å². The number of hydrogen-bond donors (Lipinski definition) is 2. The maximum Gasteiger partial charge on any atom is 0.270 e. The summed E-state index contributed by atoms with van der Waals surface area (Å²) in [4.78, 5) is 16.8. The lowest BCUT2D eigenvalue weighted by molar-refractivity contribution is 0.0950. The second-order valence-corrected chi connectivity index (χ2v) is 7.53. The normalized spacial score (nSPS) is 10.5. The molecule has 6 nitrogen and oxygen atoms in total. The average molecular weight is 412 g/mol. The van der Waals surface area contributed by atoms with Crippen LogP contribution in [0, 0.1) is 13.8 Å². The number of hydrogen-bond acceptors (Lipinski definition) is 6. The first-order chi connectivity index (χ1) is 14.0. The highest BCUT2D eigenvalue weighted by Crippen LogP contribution is 2.27. The fourth-order valence-electron chi connectivity index (χ4n) is 2.95. The molecule has 0 aliphatic rings. The minimum absolute atomic E-state index is 0.185. The number of amides is 1. The van der Waals surface area contributed by atoms with Gasteiger partial charge in [-0.25, -0.2) is 4.98 Å². The van der Waals surface area contributed by atoms with Crippen molar-refractivity contribution in [3.63, 3.8) is 0 Å². The minimum atomic E-state index is -0.185. The Balaban J connectivity index is 1.55. The van der Waals surface area contributed by atoms with Crippen LogP contribution in [0.25, 0.3) is 0 Å². The Labute approximate surface area is 174 Å². The van der Waals surface area contributed by atoms with Crippen LogP contribution < -0.4 is 20.1 Å². The smallest absolute Gasteiger partial charge is 0.270 e. The quantitative estimate of drug-likeness (QED) is 0.571. The number of rotatable bonds is 8. The number of nitrogens with zero attached hydrogens (tertiary/aromatic N) is 1. The molecular weight excluding hydrogens is 386 g/mol. The minimum Gasteiger partial charge on any atom is -0.493 e.